The second-order valence-electron chi connectivity index (χ2n) is 3.85. The number of benzene rings is 1. The molecule has 0 aliphatic rings. The molecule has 0 unspecified atom stereocenters. The predicted octanol–water partition coefficient (Wildman–Crippen LogP) is 2.67. The van der Waals surface area contributed by atoms with Gasteiger partial charge in [0.1, 0.15) is 11.4 Å². The molecule has 2 nitrogen and oxygen atoms in total. The van der Waals surface area contributed by atoms with Gasteiger partial charge in [-0.05, 0) is 67.8 Å². The summed E-state index contributed by atoms with van der Waals surface area (Å²) in [6.45, 7) is 4.97. The second-order valence-corrected chi connectivity index (χ2v) is 5.09. The van der Waals surface area contributed by atoms with Gasteiger partial charge in [-0.3, -0.25) is 0 Å². The molecule has 0 amide bonds. The Bertz CT molecular complexity index is 282. The van der Waals surface area contributed by atoms with Crippen LogP contribution in [0.5, 0.6) is 5.75 Å². The van der Waals surface area contributed by atoms with Gasteiger partial charge in [-0.2, -0.15) is 0 Å². The van der Waals surface area contributed by atoms with E-state index in [2.05, 4.69) is 41.8 Å². The molecule has 78 valence electrons. The van der Waals surface area contributed by atoms with Crippen LogP contribution in [-0.2, 0) is 0 Å². The molecule has 0 saturated heterocycles. The van der Waals surface area contributed by atoms with Crippen LogP contribution >= 0.6 is 22.6 Å². The lowest BCUT2D eigenvalue weighted by molar-refractivity contribution is 0.110. The summed E-state index contributed by atoms with van der Waals surface area (Å²) in [5, 5.41) is 3.11. The Morgan fingerprint density at radius 3 is 2.36 bits per heavy atom. The summed E-state index contributed by atoms with van der Waals surface area (Å²) >= 11 is 2.28. The summed E-state index contributed by atoms with van der Waals surface area (Å²) in [6.07, 6.45) is 0. The summed E-state index contributed by atoms with van der Waals surface area (Å²) in [6, 6.07) is 8.09. The highest BCUT2D eigenvalue weighted by molar-refractivity contribution is 14.1. The van der Waals surface area contributed by atoms with Crippen molar-refractivity contribution in [2.75, 3.05) is 13.6 Å². The number of hydrogen-bond acceptors (Lipinski definition) is 2. The molecule has 0 aromatic heterocycles. The van der Waals surface area contributed by atoms with Gasteiger partial charge in [0.05, 0.1) is 0 Å². The minimum absolute atomic E-state index is 0.165. The van der Waals surface area contributed by atoms with Crippen LogP contribution in [0.3, 0.4) is 0 Å². The molecule has 14 heavy (non-hydrogen) atoms. The van der Waals surface area contributed by atoms with Crippen LogP contribution < -0.4 is 10.1 Å². The van der Waals surface area contributed by atoms with Crippen molar-refractivity contribution in [3.63, 3.8) is 0 Å². The van der Waals surface area contributed by atoms with E-state index in [9.17, 15) is 0 Å². The standard InChI is InChI=1S/C11H16INO/c1-11(2,8-13-3)14-10-6-4-9(12)5-7-10/h4-7,13H,8H2,1-3H3. The van der Waals surface area contributed by atoms with Crippen LogP contribution in [0.15, 0.2) is 24.3 Å². The van der Waals surface area contributed by atoms with Crippen LogP contribution in [0.1, 0.15) is 13.8 Å². The van der Waals surface area contributed by atoms with E-state index in [1.807, 2.05) is 31.3 Å². The van der Waals surface area contributed by atoms with E-state index in [-0.39, 0.29) is 5.60 Å². The monoisotopic (exact) mass is 305 g/mol. The third-order valence-corrected chi connectivity index (χ3v) is 2.53. The number of hydrogen-bond donors (Lipinski definition) is 1. The van der Waals surface area contributed by atoms with Gasteiger partial charge in [0, 0.05) is 10.1 Å². The van der Waals surface area contributed by atoms with Crippen molar-refractivity contribution >= 4 is 22.6 Å². The van der Waals surface area contributed by atoms with Crippen LogP contribution in [0.4, 0.5) is 0 Å². The summed E-state index contributed by atoms with van der Waals surface area (Å²) in [5.41, 5.74) is -0.165. The van der Waals surface area contributed by atoms with Crippen molar-refractivity contribution in [3.8, 4) is 5.75 Å². The van der Waals surface area contributed by atoms with Gasteiger partial charge >= 0.3 is 0 Å². The molecular formula is C11H16INO. The maximum Gasteiger partial charge on any atom is 0.120 e. The summed E-state index contributed by atoms with van der Waals surface area (Å²) in [4.78, 5) is 0. The first-order valence-electron chi connectivity index (χ1n) is 4.63. The fourth-order valence-corrected chi connectivity index (χ4v) is 1.64. The van der Waals surface area contributed by atoms with Crippen LogP contribution in [0.25, 0.3) is 0 Å². The summed E-state index contributed by atoms with van der Waals surface area (Å²) in [7, 11) is 1.93. The normalized spacial score (nSPS) is 11.4. The van der Waals surface area contributed by atoms with Crippen LogP contribution in [-0.4, -0.2) is 19.2 Å². The number of likely N-dealkylation sites (N-methyl/N-ethyl adjacent to an activating group) is 1. The van der Waals surface area contributed by atoms with Gasteiger partial charge < -0.3 is 10.1 Å². The maximum atomic E-state index is 5.83. The first kappa shape index (κ1) is 11.8. The molecule has 1 aromatic carbocycles. The molecule has 1 rings (SSSR count). The minimum Gasteiger partial charge on any atom is -0.487 e. The second kappa shape index (κ2) is 4.98. The molecule has 0 radical (unpaired) electrons. The van der Waals surface area contributed by atoms with Crippen molar-refractivity contribution in [2.45, 2.75) is 19.4 Å². The van der Waals surface area contributed by atoms with Crippen molar-refractivity contribution in [1.29, 1.82) is 0 Å². The van der Waals surface area contributed by atoms with Gasteiger partial charge in [-0.1, -0.05) is 0 Å². The molecule has 1 aromatic rings. The zero-order valence-electron chi connectivity index (χ0n) is 8.80. The highest BCUT2D eigenvalue weighted by Gasteiger charge is 2.18. The molecule has 3 heteroatoms. The first-order chi connectivity index (χ1) is 6.53. The Hall–Kier alpha value is -0.290. The predicted molar refractivity (Wildman–Crippen MR) is 67.8 cm³/mol. The maximum absolute atomic E-state index is 5.83. The molecule has 1 N–H and O–H groups in total. The number of nitrogens with one attached hydrogen (secondary N) is 1. The highest BCUT2D eigenvalue weighted by Crippen LogP contribution is 2.19. The Morgan fingerprint density at radius 1 is 1.29 bits per heavy atom. The van der Waals surface area contributed by atoms with E-state index in [1.165, 1.54) is 3.57 Å². The van der Waals surface area contributed by atoms with Crippen LogP contribution in [0.2, 0.25) is 0 Å². The smallest absolute Gasteiger partial charge is 0.120 e. The van der Waals surface area contributed by atoms with E-state index in [0.29, 0.717) is 0 Å². The Labute approximate surface area is 99.2 Å². The quantitative estimate of drug-likeness (QED) is 0.864. The van der Waals surface area contributed by atoms with E-state index in [1.54, 1.807) is 0 Å². The minimum atomic E-state index is -0.165. The average molecular weight is 305 g/mol. The third kappa shape index (κ3) is 3.84. The number of ether oxygens (including phenoxy) is 1. The third-order valence-electron chi connectivity index (χ3n) is 1.81. The van der Waals surface area contributed by atoms with Gasteiger partial charge in [0.2, 0.25) is 0 Å². The largest absolute Gasteiger partial charge is 0.487 e. The molecule has 0 spiro atoms. The van der Waals surface area contributed by atoms with Crippen molar-refractivity contribution in [2.24, 2.45) is 0 Å². The fourth-order valence-electron chi connectivity index (χ4n) is 1.28. The molecule has 0 fully saturated rings. The van der Waals surface area contributed by atoms with Gasteiger partial charge in [0.25, 0.3) is 0 Å². The molecule has 0 aliphatic heterocycles. The number of rotatable bonds is 4. The van der Waals surface area contributed by atoms with E-state index in [4.69, 9.17) is 4.74 Å². The molecular weight excluding hydrogens is 289 g/mol. The summed E-state index contributed by atoms with van der Waals surface area (Å²) < 4.78 is 7.05. The van der Waals surface area contributed by atoms with E-state index < -0.39 is 0 Å². The van der Waals surface area contributed by atoms with Crippen molar-refractivity contribution in [1.82, 2.24) is 5.32 Å². The van der Waals surface area contributed by atoms with Crippen molar-refractivity contribution < 1.29 is 4.74 Å². The molecule has 0 saturated carbocycles. The SMILES string of the molecule is CNCC(C)(C)Oc1ccc(I)cc1. The zero-order valence-corrected chi connectivity index (χ0v) is 11.0. The first-order valence-corrected chi connectivity index (χ1v) is 5.70. The zero-order chi connectivity index (χ0) is 10.6. The lowest BCUT2D eigenvalue weighted by Gasteiger charge is -2.26. The van der Waals surface area contributed by atoms with Crippen LogP contribution in [0, 0.1) is 3.57 Å². The average Bonchev–Trinajstić information content (AvgIpc) is 2.08. The Kier molecular flexibility index (Phi) is 4.19. The number of halogens is 1. The lowest BCUT2D eigenvalue weighted by Crippen LogP contribution is -2.38. The van der Waals surface area contributed by atoms with Crippen molar-refractivity contribution in [3.05, 3.63) is 27.8 Å². The van der Waals surface area contributed by atoms with E-state index in [0.717, 1.165) is 12.3 Å². The Balaban J connectivity index is 2.64. The van der Waals surface area contributed by atoms with Gasteiger partial charge in [0.15, 0.2) is 0 Å². The molecule has 0 heterocycles. The van der Waals surface area contributed by atoms with Gasteiger partial charge in [-0.15, -0.1) is 0 Å². The topological polar surface area (TPSA) is 21.3 Å². The van der Waals surface area contributed by atoms with Gasteiger partial charge in [-0.25, -0.2) is 0 Å². The molecule has 0 bridgehead atoms. The Morgan fingerprint density at radius 2 is 1.86 bits per heavy atom. The fraction of sp³-hybridized carbons (Fsp3) is 0.455. The lowest BCUT2D eigenvalue weighted by atomic mass is 10.1. The van der Waals surface area contributed by atoms with E-state index >= 15 is 0 Å². The highest BCUT2D eigenvalue weighted by atomic mass is 127. The summed E-state index contributed by atoms with van der Waals surface area (Å²) in [5.74, 6) is 0.922. The molecule has 0 atom stereocenters. The molecule has 0 aliphatic carbocycles.